The van der Waals surface area contributed by atoms with Crippen LogP contribution in [0.1, 0.15) is 31.5 Å². The summed E-state index contributed by atoms with van der Waals surface area (Å²) in [6.45, 7) is 1.00. The number of hydrogen-bond donors (Lipinski definition) is 0. The number of hydrogen-bond acceptors (Lipinski definition) is 2. The van der Waals surface area contributed by atoms with E-state index in [1.54, 1.807) is 7.11 Å². The van der Waals surface area contributed by atoms with Crippen LogP contribution in [0.15, 0.2) is 18.2 Å². The molecule has 0 amide bonds. The Morgan fingerprint density at radius 2 is 2.26 bits per heavy atom. The van der Waals surface area contributed by atoms with Crippen LogP contribution < -0.4 is 4.74 Å². The summed E-state index contributed by atoms with van der Waals surface area (Å²) in [5.74, 6) is 3.19. The fraction of sp³-hybridized carbons (Fsp3) is 0.533. The van der Waals surface area contributed by atoms with Crippen molar-refractivity contribution in [2.75, 3.05) is 7.11 Å². The van der Waals surface area contributed by atoms with Crippen LogP contribution in [-0.4, -0.2) is 16.7 Å². The van der Waals surface area contributed by atoms with Crippen LogP contribution in [0, 0.1) is 5.92 Å². The summed E-state index contributed by atoms with van der Waals surface area (Å²) in [7, 11) is 1.68. The van der Waals surface area contributed by atoms with Gasteiger partial charge in [-0.05, 0) is 30.9 Å². The number of para-hydroxylation sites is 1. The lowest BCUT2D eigenvalue weighted by atomic mass is 10.2. The summed E-state index contributed by atoms with van der Waals surface area (Å²) in [6.07, 6.45) is 5.37. The van der Waals surface area contributed by atoms with Crippen molar-refractivity contribution in [3.05, 3.63) is 24.0 Å². The fourth-order valence-corrected chi connectivity index (χ4v) is 2.83. The lowest BCUT2D eigenvalue weighted by Crippen LogP contribution is -2.02. The van der Waals surface area contributed by atoms with Crippen molar-refractivity contribution in [1.29, 1.82) is 0 Å². The summed E-state index contributed by atoms with van der Waals surface area (Å²) >= 11 is 6.03. The highest BCUT2D eigenvalue weighted by Crippen LogP contribution is 2.34. The van der Waals surface area contributed by atoms with E-state index in [0.29, 0.717) is 5.88 Å². The maximum Gasteiger partial charge on any atom is 0.146 e. The Bertz CT molecular complexity index is 575. The van der Waals surface area contributed by atoms with Gasteiger partial charge in [0.15, 0.2) is 0 Å². The molecule has 0 bridgehead atoms. The van der Waals surface area contributed by atoms with Crippen LogP contribution in [0.4, 0.5) is 0 Å². The van der Waals surface area contributed by atoms with E-state index in [4.69, 9.17) is 16.3 Å². The Balaban J connectivity index is 1.90. The number of aromatic nitrogens is 2. The van der Waals surface area contributed by atoms with Gasteiger partial charge in [-0.15, -0.1) is 11.6 Å². The minimum atomic E-state index is 0.446. The molecule has 1 aliphatic carbocycles. The summed E-state index contributed by atoms with van der Waals surface area (Å²) in [6, 6.07) is 6.05. The third-order valence-electron chi connectivity index (χ3n) is 3.85. The quantitative estimate of drug-likeness (QED) is 0.748. The lowest BCUT2D eigenvalue weighted by molar-refractivity contribution is 0.419. The van der Waals surface area contributed by atoms with Crippen LogP contribution in [0.2, 0.25) is 0 Å². The molecule has 0 saturated heterocycles. The van der Waals surface area contributed by atoms with Crippen molar-refractivity contribution in [2.24, 2.45) is 5.92 Å². The maximum atomic E-state index is 6.03. The SMILES string of the molecule is COc1cccc2c1nc(CCl)n2CCCC1CC1. The normalized spacial score (nSPS) is 15.1. The summed E-state index contributed by atoms with van der Waals surface area (Å²) < 4.78 is 7.62. The van der Waals surface area contributed by atoms with Crippen LogP contribution in [0.3, 0.4) is 0 Å². The van der Waals surface area contributed by atoms with Gasteiger partial charge >= 0.3 is 0 Å². The molecule has 0 radical (unpaired) electrons. The van der Waals surface area contributed by atoms with Crippen LogP contribution >= 0.6 is 11.6 Å². The van der Waals surface area contributed by atoms with E-state index in [9.17, 15) is 0 Å². The number of fused-ring (bicyclic) bond motifs is 1. The van der Waals surface area contributed by atoms with Crippen molar-refractivity contribution >= 4 is 22.6 Å². The van der Waals surface area contributed by atoms with Crippen molar-refractivity contribution in [3.8, 4) is 5.75 Å². The Morgan fingerprint density at radius 1 is 1.42 bits per heavy atom. The van der Waals surface area contributed by atoms with Crippen molar-refractivity contribution in [3.63, 3.8) is 0 Å². The first-order chi connectivity index (χ1) is 9.33. The number of aryl methyl sites for hydroxylation is 1. The van der Waals surface area contributed by atoms with Crippen LogP contribution in [0.25, 0.3) is 11.0 Å². The number of halogens is 1. The van der Waals surface area contributed by atoms with Gasteiger partial charge in [0.1, 0.15) is 17.1 Å². The van der Waals surface area contributed by atoms with Crippen LogP contribution in [0.5, 0.6) is 5.75 Å². The third kappa shape index (κ3) is 2.57. The molecule has 4 heteroatoms. The number of methoxy groups -OCH3 is 1. The average Bonchev–Trinajstić information content (AvgIpc) is 3.19. The molecule has 0 unspecified atom stereocenters. The largest absolute Gasteiger partial charge is 0.494 e. The molecule has 0 spiro atoms. The molecule has 1 fully saturated rings. The zero-order valence-electron chi connectivity index (χ0n) is 11.2. The van der Waals surface area contributed by atoms with Gasteiger partial charge in [0.25, 0.3) is 0 Å². The van der Waals surface area contributed by atoms with Gasteiger partial charge in [-0.3, -0.25) is 0 Å². The standard InChI is InChI=1S/C15H19ClN2O/c1-19-13-6-2-5-12-15(13)17-14(10-16)18(12)9-3-4-11-7-8-11/h2,5-6,11H,3-4,7-10H2,1H3. The van der Waals surface area contributed by atoms with E-state index in [-0.39, 0.29) is 0 Å². The second-order valence-corrected chi connectivity index (χ2v) is 5.49. The molecule has 2 aromatic rings. The first-order valence-corrected chi connectivity index (χ1v) is 7.45. The first-order valence-electron chi connectivity index (χ1n) is 6.91. The topological polar surface area (TPSA) is 27.1 Å². The highest BCUT2D eigenvalue weighted by Gasteiger charge is 2.21. The number of imidazole rings is 1. The molecule has 0 atom stereocenters. The van der Waals surface area contributed by atoms with Gasteiger partial charge in [-0.1, -0.05) is 18.9 Å². The highest BCUT2D eigenvalue weighted by molar-refractivity contribution is 6.16. The van der Waals surface area contributed by atoms with E-state index < -0.39 is 0 Å². The van der Waals surface area contributed by atoms with Crippen molar-refractivity contribution in [2.45, 2.75) is 38.1 Å². The number of nitrogens with zero attached hydrogens (tertiary/aromatic N) is 2. The van der Waals surface area contributed by atoms with E-state index in [0.717, 1.165) is 35.1 Å². The Morgan fingerprint density at radius 3 is 2.95 bits per heavy atom. The molecule has 1 saturated carbocycles. The molecule has 1 aromatic heterocycles. The maximum absolute atomic E-state index is 6.03. The van der Waals surface area contributed by atoms with E-state index in [1.807, 2.05) is 12.1 Å². The molecule has 3 nitrogen and oxygen atoms in total. The van der Waals surface area contributed by atoms with Gasteiger partial charge in [0, 0.05) is 6.54 Å². The smallest absolute Gasteiger partial charge is 0.146 e. The number of alkyl halides is 1. The lowest BCUT2D eigenvalue weighted by Gasteiger charge is -2.07. The van der Waals surface area contributed by atoms with Crippen LogP contribution in [-0.2, 0) is 12.4 Å². The average molecular weight is 279 g/mol. The third-order valence-corrected chi connectivity index (χ3v) is 4.09. The Hall–Kier alpha value is -1.22. The van der Waals surface area contributed by atoms with Gasteiger partial charge < -0.3 is 9.30 Å². The molecular weight excluding hydrogens is 260 g/mol. The minimum absolute atomic E-state index is 0.446. The van der Waals surface area contributed by atoms with Gasteiger partial charge in [0.05, 0.1) is 18.5 Å². The molecule has 0 aliphatic heterocycles. The van der Waals surface area contributed by atoms with Gasteiger partial charge in [-0.2, -0.15) is 0 Å². The van der Waals surface area contributed by atoms with E-state index in [2.05, 4.69) is 15.6 Å². The molecule has 1 heterocycles. The van der Waals surface area contributed by atoms with Crippen molar-refractivity contribution in [1.82, 2.24) is 9.55 Å². The zero-order valence-corrected chi connectivity index (χ0v) is 12.0. The van der Waals surface area contributed by atoms with Crippen molar-refractivity contribution < 1.29 is 4.74 Å². The van der Waals surface area contributed by atoms with E-state index >= 15 is 0 Å². The van der Waals surface area contributed by atoms with Gasteiger partial charge in [0.2, 0.25) is 0 Å². The molecule has 0 N–H and O–H groups in total. The predicted octanol–water partition coefficient (Wildman–Crippen LogP) is 3.97. The van der Waals surface area contributed by atoms with E-state index in [1.165, 1.54) is 25.7 Å². The summed E-state index contributed by atoms with van der Waals surface area (Å²) in [5, 5.41) is 0. The number of benzene rings is 1. The Kier molecular flexibility index (Phi) is 3.65. The molecule has 3 rings (SSSR count). The molecule has 1 aliphatic rings. The predicted molar refractivity (Wildman–Crippen MR) is 77.8 cm³/mol. The van der Waals surface area contributed by atoms with Gasteiger partial charge in [-0.25, -0.2) is 4.98 Å². The minimum Gasteiger partial charge on any atom is -0.494 e. The molecule has 19 heavy (non-hydrogen) atoms. The molecule has 102 valence electrons. The fourth-order valence-electron chi connectivity index (χ4n) is 2.63. The second kappa shape index (κ2) is 5.41. The second-order valence-electron chi connectivity index (χ2n) is 5.23. The number of rotatable bonds is 6. The first kappa shape index (κ1) is 12.8. The molecule has 1 aromatic carbocycles. The highest BCUT2D eigenvalue weighted by atomic mass is 35.5. The summed E-state index contributed by atoms with van der Waals surface area (Å²) in [5.41, 5.74) is 2.05. The zero-order chi connectivity index (χ0) is 13.2. The Labute approximate surface area is 118 Å². The monoisotopic (exact) mass is 278 g/mol. The number of ether oxygens (including phenoxy) is 1. The molecular formula is C15H19ClN2O. The summed E-state index contributed by atoms with van der Waals surface area (Å²) in [4.78, 5) is 4.62.